The predicted molar refractivity (Wildman–Crippen MR) is 141 cm³/mol. The number of aromatic nitrogens is 2. The Morgan fingerprint density at radius 3 is 2.38 bits per heavy atom. The molecule has 4 unspecified atom stereocenters. The van der Waals surface area contributed by atoms with Gasteiger partial charge in [-0.25, -0.2) is 9.88 Å². The fourth-order valence-corrected chi connectivity index (χ4v) is 6.70. The van der Waals surface area contributed by atoms with Crippen LogP contribution in [-0.4, -0.2) is 27.4 Å². The smallest absolute Gasteiger partial charge is 0.266 e. The van der Waals surface area contributed by atoms with Crippen LogP contribution >= 0.6 is 11.6 Å². The Hall–Kier alpha value is -3.81. The highest BCUT2D eigenvalue weighted by Gasteiger charge is 2.70. The van der Waals surface area contributed by atoms with Gasteiger partial charge < -0.3 is 0 Å². The van der Waals surface area contributed by atoms with Gasteiger partial charge in [0.25, 0.3) is 5.56 Å². The Kier molecular flexibility index (Phi) is 4.60. The molecule has 2 amide bonds. The Morgan fingerprint density at radius 2 is 1.62 bits per heavy atom. The van der Waals surface area contributed by atoms with Gasteiger partial charge in [0.05, 0.1) is 34.1 Å². The second-order valence-electron chi connectivity index (χ2n) is 10.3. The molecule has 7 rings (SSSR count). The number of imide groups is 1. The average Bonchev–Trinajstić information content (AvgIpc) is 3.49. The summed E-state index contributed by atoms with van der Waals surface area (Å²) in [5, 5.41) is 4.73. The van der Waals surface area contributed by atoms with Crippen LogP contribution in [0.15, 0.2) is 77.6 Å². The number of fused-ring (bicyclic) bond motifs is 8. The molecule has 0 saturated carbocycles. The summed E-state index contributed by atoms with van der Waals surface area (Å²) in [6.45, 7) is 4.08. The monoisotopic (exact) mass is 510 g/mol. The number of amides is 2. The molecule has 8 heteroatoms. The summed E-state index contributed by atoms with van der Waals surface area (Å²) in [6, 6.07) is 21.2. The van der Waals surface area contributed by atoms with Gasteiger partial charge in [0, 0.05) is 16.6 Å². The Bertz CT molecular complexity index is 1700. The van der Waals surface area contributed by atoms with E-state index in [-0.39, 0.29) is 29.3 Å². The van der Waals surface area contributed by atoms with Gasteiger partial charge in [-0.15, -0.1) is 0 Å². The first-order chi connectivity index (χ1) is 17.8. The molecule has 2 saturated heterocycles. The van der Waals surface area contributed by atoms with Crippen LogP contribution in [0.5, 0.6) is 0 Å². The number of hydrogen-bond donors (Lipinski definition) is 1. The number of halogens is 1. The molecule has 1 aromatic heterocycles. The highest BCUT2D eigenvalue weighted by Crippen LogP contribution is 2.56. The van der Waals surface area contributed by atoms with Crippen LogP contribution in [0.4, 0.5) is 5.69 Å². The van der Waals surface area contributed by atoms with E-state index >= 15 is 0 Å². The van der Waals surface area contributed by atoms with Gasteiger partial charge in [-0.1, -0.05) is 55.8 Å². The molecule has 37 heavy (non-hydrogen) atoms. The standard InChI is InChI=1S/C29H23ClN4O3/c1-15(2)24-22-23(27(37)33(26(22)36)17-13-11-16(30)12-14-17)29(32-24)19-8-4-6-10-21(19)34-25(35)18-7-3-5-9-20(18)31-28(29)34/h3-15,22-24,32H,1-2H3. The highest BCUT2D eigenvalue weighted by atomic mass is 35.5. The van der Waals surface area contributed by atoms with Crippen LogP contribution in [0.25, 0.3) is 16.6 Å². The lowest BCUT2D eigenvalue weighted by Crippen LogP contribution is -2.51. The van der Waals surface area contributed by atoms with E-state index in [0.717, 1.165) is 5.56 Å². The molecule has 0 aliphatic carbocycles. The average molecular weight is 511 g/mol. The van der Waals surface area contributed by atoms with Crippen molar-refractivity contribution in [3.05, 3.63) is 99.6 Å². The zero-order valence-corrected chi connectivity index (χ0v) is 20.9. The molecule has 184 valence electrons. The predicted octanol–water partition coefficient (Wildman–Crippen LogP) is 4.03. The normalized spacial score (nSPS) is 25.8. The van der Waals surface area contributed by atoms with Crippen molar-refractivity contribution in [1.29, 1.82) is 0 Å². The third-order valence-electron chi connectivity index (χ3n) is 8.10. The first-order valence-corrected chi connectivity index (χ1v) is 12.8. The maximum atomic E-state index is 14.3. The quantitative estimate of drug-likeness (QED) is 0.412. The van der Waals surface area contributed by atoms with Crippen LogP contribution in [0.2, 0.25) is 5.02 Å². The first-order valence-electron chi connectivity index (χ1n) is 12.4. The second-order valence-corrected chi connectivity index (χ2v) is 10.8. The zero-order chi connectivity index (χ0) is 25.6. The maximum absolute atomic E-state index is 14.3. The molecular formula is C29H23ClN4O3. The molecule has 0 radical (unpaired) electrons. The topological polar surface area (TPSA) is 84.3 Å². The lowest BCUT2D eigenvalue weighted by Gasteiger charge is -2.32. The molecule has 4 aromatic rings. The van der Waals surface area contributed by atoms with Crippen LogP contribution in [0.1, 0.15) is 25.2 Å². The molecule has 4 atom stereocenters. The number of para-hydroxylation sites is 2. The molecule has 0 bridgehead atoms. The van der Waals surface area contributed by atoms with Gasteiger partial charge in [0.1, 0.15) is 11.4 Å². The molecule has 3 aliphatic heterocycles. The molecule has 2 fully saturated rings. The van der Waals surface area contributed by atoms with E-state index < -0.39 is 17.4 Å². The summed E-state index contributed by atoms with van der Waals surface area (Å²) in [4.78, 5) is 48.4. The van der Waals surface area contributed by atoms with E-state index in [1.807, 2.05) is 56.3 Å². The summed E-state index contributed by atoms with van der Waals surface area (Å²) >= 11 is 6.09. The Balaban J connectivity index is 1.53. The number of carbonyl (C=O) groups excluding carboxylic acids is 2. The van der Waals surface area contributed by atoms with Crippen molar-refractivity contribution < 1.29 is 9.59 Å². The van der Waals surface area contributed by atoms with Crippen LogP contribution in [0, 0.1) is 17.8 Å². The van der Waals surface area contributed by atoms with Crippen LogP contribution in [0.3, 0.4) is 0 Å². The summed E-state index contributed by atoms with van der Waals surface area (Å²) in [5.41, 5.74) is 1.19. The molecule has 7 nitrogen and oxygen atoms in total. The maximum Gasteiger partial charge on any atom is 0.266 e. The summed E-state index contributed by atoms with van der Waals surface area (Å²) < 4.78 is 1.62. The van der Waals surface area contributed by atoms with Crippen molar-refractivity contribution in [2.45, 2.75) is 25.4 Å². The number of carbonyl (C=O) groups is 2. The fourth-order valence-electron chi connectivity index (χ4n) is 6.57. The second kappa shape index (κ2) is 7.60. The van der Waals surface area contributed by atoms with Crippen molar-refractivity contribution in [3.8, 4) is 5.69 Å². The lowest BCUT2D eigenvalue weighted by atomic mass is 9.75. The van der Waals surface area contributed by atoms with E-state index in [2.05, 4.69) is 5.32 Å². The third-order valence-corrected chi connectivity index (χ3v) is 8.35. The number of hydrogen-bond acceptors (Lipinski definition) is 5. The minimum atomic E-state index is -1.13. The molecule has 4 heterocycles. The van der Waals surface area contributed by atoms with Crippen molar-refractivity contribution in [2.75, 3.05) is 4.90 Å². The number of anilines is 1. The molecular weight excluding hydrogens is 488 g/mol. The minimum absolute atomic E-state index is 0.0437. The van der Waals surface area contributed by atoms with Crippen molar-refractivity contribution in [3.63, 3.8) is 0 Å². The number of nitrogens with one attached hydrogen (secondary N) is 1. The van der Waals surface area contributed by atoms with Gasteiger partial charge in [0.15, 0.2) is 0 Å². The fraction of sp³-hybridized carbons (Fsp3) is 0.241. The zero-order valence-electron chi connectivity index (χ0n) is 20.2. The van der Waals surface area contributed by atoms with Gasteiger partial charge >= 0.3 is 0 Å². The molecule has 3 aliphatic rings. The van der Waals surface area contributed by atoms with Crippen molar-refractivity contribution in [1.82, 2.24) is 14.9 Å². The van der Waals surface area contributed by atoms with E-state index in [0.29, 0.717) is 33.1 Å². The molecule has 1 spiro atoms. The SMILES string of the molecule is CC(C)C1NC2(c3ccccc3-n3c2nc2ccccc2c3=O)C2C(=O)N(c3ccc(Cl)cc3)C(=O)C12. The van der Waals surface area contributed by atoms with E-state index in [9.17, 15) is 14.4 Å². The van der Waals surface area contributed by atoms with Crippen LogP contribution in [-0.2, 0) is 15.1 Å². The molecule has 1 N–H and O–H groups in total. The van der Waals surface area contributed by atoms with Crippen molar-refractivity contribution >= 4 is 40.0 Å². The highest BCUT2D eigenvalue weighted by molar-refractivity contribution is 6.31. The van der Waals surface area contributed by atoms with E-state index in [4.69, 9.17) is 16.6 Å². The summed E-state index contributed by atoms with van der Waals surface area (Å²) in [6.07, 6.45) is 0. The van der Waals surface area contributed by atoms with Gasteiger partial charge in [-0.2, -0.15) is 0 Å². The van der Waals surface area contributed by atoms with Gasteiger partial charge in [-0.3, -0.25) is 24.3 Å². The third kappa shape index (κ3) is 2.76. The Labute approximate surface area is 217 Å². The van der Waals surface area contributed by atoms with Crippen molar-refractivity contribution in [2.24, 2.45) is 17.8 Å². The van der Waals surface area contributed by atoms with Gasteiger partial charge in [0.2, 0.25) is 11.8 Å². The number of rotatable bonds is 2. The van der Waals surface area contributed by atoms with Crippen LogP contribution < -0.4 is 15.8 Å². The largest absolute Gasteiger partial charge is 0.296 e. The number of nitrogens with zero attached hydrogens (tertiary/aromatic N) is 3. The minimum Gasteiger partial charge on any atom is -0.296 e. The lowest BCUT2D eigenvalue weighted by molar-refractivity contribution is -0.123. The van der Waals surface area contributed by atoms with E-state index in [1.54, 1.807) is 34.9 Å². The summed E-state index contributed by atoms with van der Waals surface area (Å²) in [7, 11) is 0. The van der Waals surface area contributed by atoms with E-state index in [1.165, 1.54) is 4.90 Å². The first kappa shape index (κ1) is 22.4. The summed E-state index contributed by atoms with van der Waals surface area (Å²) in [5.74, 6) is -1.45. The Morgan fingerprint density at radius 1 is 0.919 bits per heavy atom. The van der Waals surface area contributed by atoms with Gasteiger partial charge in [-0.05, 0) is 48.4 Å². The number of benzene rings is 3. The molecule has 3 aromatic carbocycles.